The molecule has 0 saturated carbocycles. The molecule has 0 radical (unpaired) electrons. The predicted molar refractivity (Wildman–Crippen MR) is 110 cm³/mol. The highest BCUT2D eigenvalue weighted by atomic mass is 16.2. The fourth-order valence-electron chi connectivity index (χ4n) is 3.10. The number of nitrogens with one attached hydrogen (secondary N) is 4. The van der Waals surface area contributed by atoms with E-state index in [2.05, 4.69) is 21.3 Å². The van der Waals surface area contributed by atoms with E-state index in [0.29, 0.717) is 5.69 Å². The molecule has 4 rings (SSSR count). The Hall–Kier alpha value is -4.47. The van der Waals surface area contributed by atoms with Crippen LogP contribution in [0, 0.1) is 0 Å². The van der Waals surface area contributed by atoms with Gasteiger partial charge in [0.15, 0.2) is 0 Å². The Morgan fingerprint density at radius 3 is 2.29 bits per heavy atom. The summed E-state index contributed by atoms with van der Waals surface area (Å²) in [4.78, 5) is 47.6. The third-order valence-corrected chi connectivity index (χ3v) is 4.59. The van der Waals surface area contributed by atoms with Crippen molar-refractivity contribution in [2.75, 3.05) is 0 Å². The van der Waals surface area contributed by atoms with Crippen LogP contribution >= 0.6 is 0 Å². The Balaban J connectivity index is 1.51. The number of hydrazine groups is 1. The maximum Gasteiger partial charge on any atom is 0.322 e. The summed E-state index contributed by atoms with van der Waals surface area (Å²) in [7, 11) is 0. The zero-order valence-corrected chi connectivity index (χ0v) is 16.2. The second-order valence-corrected chi connectivity index (χ2v) is 6.76. The van der Waals surface area contributed by atoms with E-state index in [-0.39, 0.29) is 12.0 Å². The highest BCUT2D eigenvalue weighted by Gasteiger charge is 2.31. The first kappa shape index (κ1) is 19.8. The number of carbonyl (C=O) groups is 4. The van der Waals surface area contributed by atoms with Crippen LogP contribution in [0.2, 0.25) is 0 Å². The summed E-state index contributed by atoms with van der Waals surface area (Å²) in [6.07, 6.45) is 1.26. The van der Waals surface area contributed by atoms with Crippen molar-refractivity contribution in [3.8, 4) is 16.9 Å². The monoisotopic (exact) mass is 418 g/mol. The molecule has 10 heteroatoms. The van der Waals surface area contributed by atoms with Crippen LogP contribution in [-0.4, -0.2) is 39.6 Å². The van der Waals surface area contributed by atoms with Crippen molar-refractivity contribution >= 4 is 23.8 Å². The minimum Gasteiger partial charge on any atom is -0.325 e. The molecule has 1 aliphatic rings. The van der Waals surface area contributed by atoms with Gasteiger partial charge in [-0.1, -0.05) is 48.5 Å². The molecule has 1 aromatic heterocycles. The van der Waals surface area contributed by atoms with E-state index in [4.69, 9.17) is 0 Å². The summed E-state index contributed by atoms with van der Waals surface area (Å²) < 4.78 is 1.58. The normalized spacial score (nSPS) is 15.2. The maximum atomic E-state index is 12.8. The Morgan fingerprint density at radius 1 is 0.968 bits per heavy atom. The highest BCUT2D eigenvalue weighted by Crippen LogP contribution is 2.23. The molecule has 0 bridgehead atoms. The molecule has 4 N–H and O–H groups in total. The quantitative estimate of drug-likeness (QED) is 0.361. The van der Waals surface area contributed by atoms with Gasteiger partial charge in [0, 0.05) is 11.8 Å². The average molecular weight is 418 g/mol. The third kappa shape index (κ3) is 4.42. The summed E-state index contributed by atoms with van der Waals surface area (Å²) in [5, 5.41) is 8.90. The van der Waals surface area contributed by atoms with E-state index in [1.807, 2.05) is 66.0 Å². The molecule has 1 atom stereocenters. The van der Waals surface area contributed by atoms with Gasteiger partial charge in [-0.3, -0.25) is 30.6 Å². The first-order chi connectivity index (χ1) is 15.0. The van der Waals surface area contributed by atoms with E-state index in [0.717, 1.165) is 11.3 Å². The summed E-state index contributed by atoms with van der Waals surface area (Å²) in [6.45, 7) is 0. The number of hydrogen-bond donors (Lipinski definition) is 4. The lowest BCUT2D eigenvalue weighted by Gasteiger charge is -2.09. The first-order valence-electron chi connectivity index (χ1n) is 9.42. The Labute approximate surface area is 176 Å². The number of benzene rings is 2. The number of imide groups is 1. The molecule has 31 heavy (non-hydrogen) atoms. The fraction of sp³-hybridized carbons (Fsp3) is 0.0952. The largest absolute Gasteiger partial charge is 0.325 e. The predicted octanol–water partition coefficient (Wildman–Crippen LogP) is 0.898. The number of urea groups is 1. The Morgan fingerprint density at radius 2 is 1.65 bits per heavy atom. The van der Waals surface area contributed by atoms with Gasteiger partial charge >= 0.3 is 6.03 Å². The molecule has 2 heterocycles. The second-order valence-electron chi connectivity index (χ2n) is 6.76. The van der Waals surface area contributed by atoms with Gasteiger partial charge in [-0.25, -0.2) is 9.48 Å². The number of nitrogens with zero attached hydrogens (tertiary/aromatic N) is 2. The summed E-state index contributed by atoms with van der Waals surface area (Å²) in [5.74, 6) is -1.80. The molecule has 1 saturated heterocycles. The minimum absolute atomic E-state index is 0.252. The van der Waals surface area contributed by atoms with Crippen molar-refractivity contribution in [1.82, 2.24) is 31.3 Å². The van der Waals surface area contributed by atoms with Crippen molar-refractivity contribution in [3.63, 3.8) is 0 Å². The van der Waals surface area contributed by atoms with E-state index in [1.54, 1.807) is 10.9 Å². The van der Waals surface area contributed by atoms with Crippen LogP contribution in [0.1, 0.15) is 16.8 Å². The Bertz CT molecular complexity index is 1140. The van der Waals surface area contributed by atoms with Gasteiger partial charge in [0.1, 0.15) is 11.7 Å². The van der Waals surface area contributed by atoms with Crippen molar-refractivity contribution in [2.45, 2.75) is 12.5 Å². The van der Waals surface area contributed by atoms with Gasteiger partial charge in [0.2, 0.25) is 5.91 Å². The molecule has 1 fully saturated rings. The lowest BCUT2D eigenvalue weighted by atomic mass is 10.1. The number of para-hydroxylation sites is 1. The number of hydrogen-bond acceptors (Lipinski definition) is 5. The third-order valence-electron chi connectivity index (χ3n) is 4.59. The van der Waals surface area contributed by atoms with Crippen LogP contribution in [0.25, 0.3) is 16.9 Å². The van der Waals surface area contributed by atoms with Crippen LogP contribution in [0.5, 0.6) is 0 Å². The van der Waals surface area contributed by atoms with Gasteiger partial charge in [-0.15, -0.1) is 0 Å². The lowest BCUT2D eigenvalue weighted by Crippen LogP contribution is -2.44. The number of carbonyl (C=O) groups excluding carboxylic acids is 4. The molecule has 0 spiro atoms. The SMILES string of the molecule is O=C(C[C@H]1NC(=O)NC1=O)NNC(=O)c1cn(-c2ccccc2)nc1-c1ccccc1. The van der Waals surface area contributed by atoms with Crippen LogP contribution in [0.15, 0.2) is 66.9 Å². The van der Waals surface area contributed by atoms with Crippen LogP contribution in [0.3, 0.4) is 0 Å². The van der Waals surface area contributed by atoms with Crippen molar-refractivity contribution < 1.29 is 19.2 Å². The first-order valence-corrected chi connectivity index (χ1v) is 9.42. The maximum absolute atomic E-state index is 12.8. The number of amides is 5. The zero-order valence-electron chi connectivity index (χ0n) is 16.2. The zero-order chi connectivity index (χ0) is 21.8. The molecule has 2 aromatic carbocycles. The van der Waals surface area contributed by atoms with Gasteiger partial charge in [0.25, 0.3) is 11.8 Å². The van der Waals surface area contributed by atoms with E-state index in [1.165, 1.54) is 0 Å². The van der Waals surface area contributed by atoms with Crippen molar-refractivity contribution in [3.05, 3.63) is 72.4 Å². The number of rotatable bonds is 5. The molecule has 5 amide bonds. The van der Waals surface area contributed by atoms with Crippen LogP contribution in [-0.2, 0) is 9.59 Å². The van der Waals surface area contributed by atoms with Crippen LogP contribution < -0.4 is 21.5 Å². The standard InChI is InChI=1S/C21H18N6O4/c28-17(11-16-20(30)23-21(31)22-16)24-25-19(29)15-12-27(14-9-5-2-6-10-14)26-18(15)13-7-3-1-4-8-13/h1-10,12,16H,11H2,(H,24,28)(H,25,29)(H2,22,23,30,31)/t16-/m1/s1. The molecule has 3 aromatic rings. The lowest BCUT2D eigenvalue weighted by molar-refractivity contribution is -0.126. The summed E-state index contributed by atoms with van der Waals surface area (Å²) in [5.41, 5.74) is 6.80. The number of aromatic nitrogens is 2. The van der Waals surface area contributed by atoms with Crippen LogP contribution in [0.4, 0.5) is 4.79 Å². The molecule has 156 valence electrons. The topological polar surface area (TPSA) is 134 Å². The smallest absolute Gasteiger partial charge is 0.322 e. The molecule has 0 aliphatic carbocycles. The molecular weight excluding hydrogens is 400 g/mol. The molecule has 10 nitrogen and oxygen atoms in total. The highest BCUT2D eigenvalue weighted by molar-refractivity contribution is 6.06. The van der Waals surface area contributed by atoms with Gasteiger partial charge in [-0.05, 0) is 12.1 Å². The molecular formula is C21H18N6O4. The summed E-state index contributed by atoms with van der Waals surface area (Å²) >= 11 is 0. The van der Waals surface area contributed by atoms with E-state index in [9.17, 15) is 19.2 Å². The van der Waals surface area contributed by atoms with Gasteiger partial charge in [0.05, 0.1) is 17.7 Å². The fourth-order valence-corrected chi connectivity index (χ4v) is 3.10. The van der Waals surface area contributed by atoms with Crippen molar-refractivity contribution in [2.24, 2.45) is 0 Å². The molecule has 1 aliphatic heterocycles. The van der Waals surface area contributed by atoms with Gasteiger partial charge in [-0.2, -0.15) is 5.10 Å². The second kappa shape index (κ2) is 8.49. The van der Waals surface area contributed by atoms with Gasteiger partial charge < -0.3 is 5.32 Å². The minimum atomic E-state index is -0.981. The van der Waals surface area contributed by atoms with Crippen molar-refractivity contribution in [1.29, 1.82) is 0 Å². The summed E-state index contributed by atoms with van der Waals surface area (Å²) in [6, 6.07) is 16.8. The van der Waals surface area contributed by atoms with E-state index >= 15 is 0 Å². The molecule has 0 unspecified atom stereocenters. The Kier molecular flexibility index (Phi) is 5.43. The average Bonchev–Trinajstić information content (AvgIpc) is 3.36. The van der Waals surface area contributed by atoms with E-state index < -0.39 is 29.8 Å².